The maximum Gasteiger partial charge on any atom is 0.253 e. The van der Waals surface area contributed by atoms with Gasteiger partial charge in [0.05, 0.1) is 30.1 Å². The van der Waals surface area contributed by atoms with E-state index in [1.54, 1.807) is 12.5 Å². The Balaban J connectivity index is 1.37. The summed E-state index contributed by atoms with van der Waals surface area (Å²) in [7, 11) is 1.95. The molecule has 0 radical (unpaired) electrons. The number of aryl methyl sites for hydroxylation is 1. The van der Waals surface area contributed by atoms with Gasteiger partial charge in [0.2, 0.25) is 0 Å². The molecule has 4 rings (SSSR count). The molecule has 138 valence electrons. The van der Waals surface area contributed by atoms with Crippen molar-refractivity contribution in [2.75, 3.05) is 13.1 Å². The highest BCUT2D eigenvalue weighted by atomic mass is 16.2. The van der Waals surface area contributed by atoms with E-state index in [0.29, 0.717) is 5.92 Å². The van der Waals surface area contributed by atoms with Gasteiger partial charge >= 0.3 is 0 Å². The zero-order valence-electron chi connectivity index (χ0n) is 15.5. The summed E-state index contributed by atoms with van der Waals surface area (Å²) >= 11 is 0. The number of hydrogen-bond donors (Lipinski definition) is 0. The molecule has 6 nitrogen and oxygen atoms in total. The number of aromatic nitrogens is 4. The number of carbonyl (C=O) groups is 1. The van der Waals surface area contributed by atoms with E-state index in [4.69, 9.17) is 4.98 Å². The molecule has 1 aromatic carbocycles. The monoisotopic (exact) mass is 361 g/mol. The normalized spacial score (nSPS) is 15.1. The van der Waals surface area contributed by atoms with Crippen LogP contribution in [0.1, 0.15) is 28.9 Å². The van der Waals surface area contributed by atoms with Crippen molar-refractivity contribution >= 4 is 5.91 Å². The molecule has 3 aromatic rings. The van der Waals surface area contributed by atoms with E-state index in [1.165, 1.54) is 0 Å². The van der Waals surface area contributed by atoms with Crippen molar-refractivity contribution in [3.63, 3.8) is 0 Å². The van der Waals surface area contributed by atoms with Gasteiger partial charge in [-0.1, -0.05) is 18.2 Å². The lowest BCUT2D eigenvalue weighted by atomic mass is 9.92. The molecule has 6 heteroatoms. The second-order valence-electron chi connectivity index (χ2n) is 7.09. The van der Waals surface area contributed by atoms with Crippen molar-refractivity contribution in [3.05, 3.63) is 66.5 Å². The molecule has 0 spiro atoms. The number of piperidine rings is 1. The SMILES string of the molecule is Cn1cncc1-c1cncc(CC2CCN(C(=O)c3ccccc3)CC2)n1. The van der Waals surface area contributed by atoms with E-state index in [1.807, 2.05) is 59.2 Å². The quantitative estimate of drug-likeness (QED) is 0.717. The van der Waals surface area contributed by atoms with Crippen LogP contribution in [-0.4, -0.2) is 43.4 Å². The largest absolute Gasteiger partial charge is 0.339 e. The smallest absolute Gasteiger partial charge is 0.253 e. The van der Waals surface area contributed by atoms with Crippen LogP contribution in [0.2, 0.25) is 0 Å². The molecular formula is C21H23N5O. The fraction of sp³-hybridized carbons (Fsp3) is 0.333. The van der Waals surface area contributed by atoms with Crippen LogP contribution >= 0.6 is 0 Å². The first kappa shape index (κ1) is 17.4. The molecule has 0 atom stereocenters. The molecule has 0 bridgehead atoms. The highest BCUT2D eigenvalue weighted by Gasteiger charge is 2.24. The van der Waals surface area contributed by atoms with Gasteiger partial charge in [-0.15, -0.1) is 0 Å². The van der Waals surface area contributed by atoms with Crippen LogP contribution in [0.25, 0.3) is 11.4 Å². The average Bonchev–Trinajstić information content (AvgIpc) is 3.15. The minimum absolute atomic E-state index is 0.132. The topological polar surface area (TPSA) is 63.9 Å². The molecule has 1 fully saturated rings. The average molecular weight is 361 g/mol. The summed E-state index contributed by atoms with van der Waals surface area (Å²) in [6.07, 6.45) is 10.1. The lowest BCUT2D eigenvalue weighted by molar-refractivity contribution is 0.0690. The zero-order chi connectivity index (χ0) is 18.6. The first-order chi connectivity index (χ1) is 13.2. The third-order valence-corrected chi connectivity index (χ3v) is 5.18. The van der Waals surface area contributed by atoms with E-state index in [2.05, 4.69) is 9.97 Å². The number of amides is 1. The van der Waals surface area contributed by atoms with Gasteiger partial charge < -0.3 is 9.47 Å². The fourth-order valence-corrected chi connectivity index (χ4v) is 3.63. The number of likely N-dealkylation sites (tertiary alicyclic amines) is 1. The Morgan fingerprint density at radius 2 is 1.85 bits per heavy atom. The molecule has 0 aliphatic carbocycles. The minimum atomic E-state index is 0.132. The maximum atomic E-state index is 12.6. The zero-order valence-corrected chi connectivity index (χ0v) is 15.5. The predicted octanol–water partition coefficient (Wildman–Crippen LogP) is 2.97. The summed E-state index contributed by atoms with van der Waals surface area (Å²) < 4.78 is 1.95. The van der Waals surface area contributed by atoms with Crippen LogP contribution in [0.4, 0.5) is 0 Å². The molecule has 2 aromatic heterocycles. The highest BCUT2D eigenvalue weighted by molar-refractivity contribution is 5.94. The molecule has 3 heterocycles. The summed E-state index contributed by atoms with van der Waals surface area (Å²) in [5.41, 5.74) is 3.59. The van der Waals surface area contributed by atoms with E-state index in [-0.39, 0.29) is 5.91 Å². The second-order valence-corrected chi connectivity index (χ2v) is 7.09. The van der Waals surface area contributed by atoms with Crippen LogP contribution in [0, 0.1) is 5.92 Å². The number of benzene rings is 1. The van der Waals surface area contributed by atoms with Gasteiger partial charge in [-0.2, -0.15) is 0 Å². The molecule has 0 saturated carbocycles. The lowest BCUT2D eigenvalue weighted by Crippen LogP contribution is -2.38. The van der Waals surface area contributed by atoms with Gasteiger partial charge in [-0.25, -0.2) is 9.97 Å². The number of imidazole rings is 1. The molecule has 1 aliphatic heterocycles. The molecule has 27 heavy (non-hydrogen) atoms. The van der Waals surface area contributed by atoms with Crippen molar-refractivity contribution in [1.82, 2.24) is 24.4 Å². The summed E-state index contributed by atoms with van der Waals surface area (Å²) in [6.45, 7) is 1.60. The van der Waals surface area contributed by atoms with Gasteiger partial charge in [0.1, 0.15) is 5.69 Å². The Kier molecular flexibility index (Phi) is 4.96. The molecule has 1 saturated heterocycles. The van der Waals surface area contributed by atoms with E-state index in [9.17, 15) is 4.79 Å². The van der Waals surface area contributed by atoms with Crippen molar-refractivity contribution < 1.29 is 4.79 Å². The Hall–Kier alpha value is -3.02. The Labute approximate surface area is 158 Å². The molecule has 0 N–H and O–H groups in total. The number of carbonyl (C=O) groups excluding carboxylic acids is 1. The summed E-state index contributed by atoms with van der Waals surface area (Å²) in [4.78, 5) is 27.8. The standard InChI is InChI=1S/C21H23N5O/c1-25-15-23-14-20(25)19-13-22-12-18(24-19)11-16-7-9-26(10-8-16)21(27)17-5-3-2-4-6-17/h2-6,12-16H,7-11H2,1H3. The number of nitrogens with zero attached hydrogens (tertiary/aromatic N) is 5. The highest BCUT2D eigenvalue weighted by Crippen LogP contribution is 2.23. The Morgan fingerprint density at radius 3 is 2.56 bits per heavy atom. The summed E-state index contributed by atoms with van der Waals surface area (Å²) in [5.74, 6) is 0.660. The van der Waals surface area contributed by atoms with Crippen LogP contribution in [0.3, 0.4) is 0 Å². The summed E-state index contributed by atoms with van der Waals surface area (Å²) in [6, 6.07) is 9.52. The number of hydrogen-bond acceptors (Lipinski definition) is 4. The van der Waals surface area contributed by atoms with Crippen molar-refractivity contribution in [1.29, 1.82) is 0 Å². The second kappa shape index (κ2) is 7.70. The predicted molar refractivity (Wildman–Crippen MR) is 103 cm³/mol. The van der Waals surface area contributed by atoms with Gasteiger partial charge in [-0.3, -0.25) is 9.78 Å². The maximum absolute atomic E-state index is 12.6. The minimum Gasteiger partial charge on any atom is -0.339 e. The third kappa shape index (κ3) is 3.89. The van der Waals surface area contributed by atoms with Crippen LogP contribution in [0.5, 0.6) is 0 Å². The Morgan fingerprint density at radius 1 is 1.07 bits per heavy atom. The first-order valence-electron chi connectivity index (χ1n) is 9.32. The number of rotatable bonds is 4. The lowest BCUT2D eigenvalue weighted by Gasteiger charge is -2.32. The van der Waals surface area contributed by atoms with Crippen molar-refractivity contribution in [2.24, 2.45) is 13.0 Å². The van der Waals surface area contributed by atoms with Gasteiger partial charge in [-0.05, 0) is 37.3 Å². The third-order valence-electron chi connectivity index (χ3n) is 5.18. The van der Waals surface area contributed by atoms with Crippen LogP contribution in [0.15, 0.2) is 55.2 Å². The van der Waals surface area contributed by atoms with Crippen molar-refractivity contribution in [3.8, 4) is 11.4 Å². The van der Waals surface area contributed by atoms with Gasteiger partial charge in [0.25, 0.3) is 5.91 Å². The molecule has 1 amide bonds. The first-order valence-corrected chi connectivity index (χ1v) is 9.32. The van der Waals surface area contributed by atoms with E-state index in [0.717, 1.165) is 55.0 Å². The van der Waals surface area contributed by atoms with Gasteiger partial charge in [0.15, 0.2) is 0 Å². The van der Waals surface area contributed by atoms with Gasteiger partial charge in [0, 0.05) is 31.9 Å². The van der Waals surface area contributed by atoms with E-state index < -0.39 is 0 Å². The molecule has 1 aliphatic rings. The summed E-state index contributed by atoms with van der Waals surface area (Å²) in [5, 5.41) is 0. The van der Waals surface area contributed by atoms with Crippen molar-refractivity contribution in [2.45, 2.75) is 19.3 Å². The van der Waals surface area contributed by atoms with E-state index >= 15 is 0 Å². The van der Waals surface area contributed by atoms with Crippen LogP contribution in [-0.2, 0) is 13.5 Å². The fourth-order valence-electron chi connectivity index (χ4n) is 3.63. The Bertz CT molecular complexity index is 913. The van der Waals surface area contributed by atoms with Crippen LogP contribution < -0.4 is 0 Å². The molecular weight excluding hydrogens is 338 g/mol. The molecule has 0 unspecified atom stereocenters.